The summed E-state index contributed by atoms with van der Waals surface area (Å²) in [6.45, 7) is 0.0247. The zero-order valence-corrected chi connectivity index (χ0v) is 9.63. The van der Waals surface area contributed by atoms with Crippen LogP contribution in [-0.2, 0) is 6.54 Å². The summed E-state index contributed by atoms with van der Waals surface area (Å²) in [4.78, 5) is 3.99. The van der Waals surface area contributed by atoms with E-state index in [0.29, 0.717) is 18.0 Å². The van der Waals surface area contributed by atoms with Crippen LogP contribution in [-0.4, -0.2) is 28.2 Å². The third-order valence-electron chi connectivity index (χ3n) is 1.73. The second-order valence-corrected chi connectivity index (χ2v) is 3.56. The monoisotopic (exact) mass is 242 g/mol. The molecule has 0 spiro atoms. The predicted molar refractivity (Wildman–Crippen MR) is 59.7 cm³/mol. The van der Waals surface area contributed by atoms with E-state index >= 15 is 0 Å². The molecule has 1 heterocycles. The second kappa shape index (κ2) is 6.44. The van der Waals surface area contributed by atoms with Crippen LogP contribution in [0.1, 0.15) is 17.8 Å². The molecule has 1 aromatic rings. The molecule has 1 aromatic heterocycles. The fourth-order valence-electron chi connectivity index (χ4n) is 1.08. The standard InChI is InChI=1S/C11H12ClFN2O/c1-15(16)8-11-10(13)6-5-9(14-11)4-2-3-7-12/h5-6,16H,3,7-8H2,1H3. The third-order valence-corrected chi connectivity index (χ3v) is 1.92. The minimum Gasteiger partial charge on any atom is -0.314 e. The molecule has 0 bridgehead atoms. The molecule has 86 valence electrons. The molecular weight excluding hydrogens is 231 g/mol. The van der Waals surface area contributed by atoms with Crippen LogP contribution in [0.4, 0.5) is 4.39 Å². The highest BCUT2D eigenvalue weighted by Crippen LogP contribution is 2.07. The van der Waals surface area contributed by atoms with Crippen LogP contribution < -0.4 is 0 Å². The number of aromatic nitrogens is 1. The first kappa shape index (κ1) is 12.9. The highest BCUT2D eigenvalue weighted by atomic mass is 35.5. The molecule has 0 aliphatic heterocycles. The topological polar surface area (TPSA) is 36.4 Å². The molecule has 0 saturated carbocycles. The summed E-state index contributed by atoms with van der Waals surface area (Å²) >= 11 is 5.47. The van der Waals surface area contributed by atoms with Gasteiger partial charge in [-0.15, -0.1) is 11.6 Å². The summed E-state index contributed by atoms with van der Waals surface area (Å²) in [5, 5.41) is 9.87. The van der Waals surface area contributed by atoms with E-state index < -0.39 is 5.82 Å². The number of pyridine rings is 1. The van der Waals surface area contributed by atoms with E-state index in [9.17, 15) is 4.39 Å². The van der Waals surface area contributed by atoms with E-state index in [1.807, 2.05) is 0 Å². The maximum atomic E-state index is 13.2. The van der Waals surface area contributed by atoms with Gasteiger partial charge in [0.05, 0.1) is 12.2 Å². The van der Waals surface area contributed by atoms with Crippen molar-refractivity contribution >= 4 is 11.6 Å². The summed E-state index contributed by atoms with van der Waals surface area (Å²) in [5.41, 5.74) is 0.644. The molecule has 0 aromatic carbocycles. The molecule has 0 unspecified atom stereocenters. The average Bonchev–Trinajstić information content (AvgIpc) is 2.22. The number of halogens is 2. The normalized spacial score (nSPS) is 10.1. The van der Waals surface area contributed by atoms with Crippen LogP contribution in [0.5, 0.6) is 0 Å². The van der Waals surface area contributed by atoms with E-state index in [1.165, 1.54) is 19.2 Å². The Hall–Kier alpha value is -1.15. The predicted octanol–water partition coefficient (Wildman–Crippen LogP) is 2.02. The first-order valence-corrected chi connectivity index (χ1v) is 5.27. The van der Waals surface area contributed by atoms with Crippen LogP contribution in [0.25, 0.3) is 0 Å². The molecule has 0 fully saturated rings. The Labute approximate surface area is 98.8 Å². The molecule has 3 nitrogen and oxygen atoms in total. The van der Waals surface area contributed by atoms with Crippen molar-refractivity contribution in [2.75, 3.05) is 12.9 Å². The van der Waals surface area contributed by atoms with Gasteiger partial charge >= 0.3 is 0 Å². The molecule has 0 atom stereocenters. The molecule has 0 aliphatic carbocycles. The van der Waals surface area contributed by atoms with Crippen molar-refractivity contribution in [2.24, 2.45) is 0 Å². The number of alkyl halides is 1. The highest BCUT2D eigenvalue weighted by Gasteiger charge is 2.06. The smallest absolute Gasteiger partial charge is 0.146 e. The van der Waals surface area contributed by atoms with Crippen LogP contribution >= 0.6 is 11.6 Å². The first-order chi connectivity index (χ1) is 7.63. The Morgan fingerprint density at radius 2 is 2.31 bits per heavy atom. The summed E-state index contributed by atoms with van der Waals surface area (Å²) in [7, 11) is 1.42. The van der Waals surface area contributed by atoms with Crippen molar-refractivity contribution < 1.29 is 9.60 Å². The first-order valence-electron chi connectivity index (χ1n) is 4.73. The van der Waals surface area contributed by atoms with Gasteiger partial charge in [0, 0.05) is 19.3 Å². The molecular formula is C11H12ClFN2O. The van der Waals surface area contributed by atoms with Gasteiger partial charge in [0.25, 0.3) is 0 Å². The van der Waals surface area contributed by atoms with Crippen molar-refractivity contribution in [2.45, 2.75) is 13.0 Å². The Bertz CT molecular complexity index is 412. The molecule has 1 N–H and O–H groups in total. The molecule has 1 rings (SSSR count). The quantitative estimate of drug-likeness (QED) is 0.501. The van der Waals surface area contributed by atoms with E-state index in [1.54, 1.807) is 0 Å². The Balaban J connectivity index is 2.86. The highest BCUT2D eigenvalue weighted by molar-refractivity contribution is 6.18. The van der Waals surface area contributed by atoms with Gasteiger partial charge in [-0.3, -0.25) is 0 Å². The minimum atomic E-state index is -0.455. The maximum Gasteiger partial charge on any atom is 0.146 e. The molecule has 16 heavy (non-hydrogen) atoms. The van der Waals surface area contributed by atoms with Gasteiger partial charge in [-0.25, -0.2) is 9.37 Å². The van der Waals surface area contributed by atoms with Crippen molar-refractivity contribution in [3.05, 3.63) is 29.3 Å². The fourth-order valence-corrected chi connectivity index (χ4v) is 1.18. The number of hydrogen-bond acceptors (Lipinski definition) is 3. The molecule has 0 aliphatic rings. The van der Waals surface area contributed by atoms with Crippen LogP contribution in [0, 0.1) is 17.7 Å². The van der Waals surface area contributed by atoms with Gasteiger partial charge in [-0.1, -0.05) is 5.92 Å². The van der Waals surface area contributed by atoms with Gasteiger partial charge < -0.3 is 5.21 Å². The number of hydroxylamine groups is 2. The lowest BCUT2D eigenvalue weighted by Gasteiger charge is -2.07. The molecule has 0 radical (unpaired) electrons. The molecule has 5 heteroatoms. The zero-order valence-electron chi connectivity index (χ0n) is 8.87. The van der Waals surface area contributed by atoms with Crippen LogP contribution in [0.3, 0.4) is 0 Å². The molecule has 0 saturated heterocycles. The Morgan fingerprint density at radius 1 is 1.56 bits per heavy atom. The number of hydrogen-bond donors (Lipinski definition) is 1. The van der Waals surface area contributed by atoms with Crippen LogP contribution in [0.2, 0.25) is 0 Å². The Kier molecular flexibility index (Phi) is 5.20. The fraction of sp³-hybridized carbons (Fsp3) is 0.364. The van der Waals surface area contributed by atoms with Crippen molar-refractivity contribution in [1.82, 2.24) is 10.0 Å². The summed E-state index contributed by atoms with van der Waals surface area (Å²) in [6, 6.07) is 2.79. The van der Waals surface area contributed by atoms with Gasteiger partial charge in [-0.2, -0.15) is 5.06 Å². The lowest BCUT2D eigenvalue weighted by molar-refractivity contribution is -0.0748. The third kappa shape index (κ3) is 4.15. The van der Waals surface area contributed by atoms with E-state index in [2.05, 4.69) is 16.8 Å². The average molecular weight is 243 g/mol. The number of rotatable bonds is 3. The lowest BCUT2D eigenvalue weighted by atomic mass is 10.2. The summed E-state index contributed by atoms with van der Waals surface area (Å²) in [6.07, 6.45) is 0.565. The van der Waals surface area contributed by atoms with Gasteiger partial charge in [0.15, 0.2) is 0 Å². The van der Waals surface area contributed by atoms with Crippen LogP contribution in [0.15, 0.2) is 12.1 Å². The zero-order chi connectivity index (χ0) is 12.0. The molecule has 0 amide bonds. The van der Waals surface area contributed by atoms with E-state index in [4.69, 9.17) is 16.8 Å². The lowest BCUT2D eigenvalue weighted by Crippen LogP contribution is -2.14. The Morgan fingerprint density at radius 3 is 2.94 bits per heavy atom. The van der Waals surface area contributed by atoms with E-state index in [-0.39, 0.29) is 12.2 Å². The van der Waals surface area contributed by atoms with Gasteiger partial charge in [0.1, 0.15) is 11.5 Å². The van der Waals surface area contributed by atoms with Crippen molar-refractivity contribution in [3.8, 4) is 11.8 Å². The summed E-state index contributed by atoms with van der Waals surface area (Å²) in [5.74, 6) is 5.59. The maximum absolute atomic E-state index is 13.2. The SMILES string of the molecule is CN(O)Cc1nc(C#CCCCl)ccc1F. The van der Waals surface area contributed by atoms with Gasteiger partial charge in [0.2, 0.25) is 0 Å². The van der Waals surface area contributed by atoms with Crippen molar-refractivity contribution in [1.29, 1.82) is 0 Å². The van der Waals surface area contributed by atoms with E-state index in [0.717, 1.165) is 5.06 Å². The minimum absolute atomic E-state index is 0.0247. The number of nitrogens with zero attached hydrogens (tertiary/aromatic N) is 2. The largest absolute Gasteiger partial charge is 0.314 e. The van der Waals surface area contributed by atoms with Crippen molar-refractivity contribution in [3.63, 3.8) is 0 Å². The summed E-state index contributed by atoms with van der Waals surface area (Å²) < 4.78 is 13.2. The van der Waals surface area contributed by atoms with Gasteiger partial charge in [-0.05, 0) is 18.1 Å². The second-order valence-electron chi connectivity index (χ2n) is 3.18.